The zero-order valence-corrected chi connectivity index (χ0v) is 19.6. The molecule has 5 nitrogen and oxygen atoms in total. The average molecular weight is 511 g/mol. The maximum Gasteiger partial charge on any atom is 0.282 e. The minimum atomic E-state index is -0.172. The van der Waals surface area contributed by atoms with Crippen LogP contribution in [0.2, 0.25) is 5.02 Å². The number of hydrogen-bond acceptors (Lipinski definition) is 4. The Bertz CT molecular complexity index is 1370. The van der Waals surface area contributed by atoms with Gasteiger partial charge in [-0.1, -0.05) is 58.9 Å². The molecule has 0 unspecified atom stereocenters. The topological polar surface area (TPSA) is 60.4 Å². The van der Waals surface area contributed by atoms with Crippen molar-refractivity contribution in [3.63, 3.8) is 0 Å². The molecule has 4 aromatic rings. The molecule has 32 heavy (non-hydrogen) atoms. The lowest BCUT2D eigenvalue weighted by atomic mass is 9.88. The highest BCUT2D eigenvalue weighted by molar-refractivity contribution is 9.10. The molecule has 0 bridgehead atoms. The largest absolute Gasteiger partial charge is 0.455 e. The predicted molar refractivity (Wildman–Crippen MR) is 132 cm³/mol. The van der Waals surface area contributed by atoms with E-state index in [-0.39, 0.29) is 11.5 Å². The summed E-state index contributed by atoms with van der Waals surface area (Å²) in [5, 5.41) is 5.72. The van der Waals surface area contributed by atoms with E-state index in [2.05, 4.69) is 21.0 Å². The van der Waals surface area contributed by atoms with Crippen LogP contribution in [0.15, 0.2) is 73.4 Å². The van der Waals surface area contributed by atoms with E-state index in [9.17, 15) is 4.79 Å². The number of aromatic nitrogens is 2. The summed E-state index contributed by atoms with van der Waals surface area (Å²) in [5.41, 5.74) is 1.41. The van der Waals surface area contributed by atoms with E-state index in [1.165, 1.54) is 11.1 Å². The highest BCUT2D eigenvalue weighted by atomic mass is 79.9. The summed E-state index contributed by atoms with van der Waals surface area (Å²) in [7, 11) is 0. The van der Waals surface area contributed by atoms with Crippen LogP contribution in [-0.2, 0) is 0 Å². The Balaban J connectivity index is 1.56. The number of furan rings is 1. The molecule has 2 aromatic carbocycles. The van der Waals surface area contributed by atoms with Gasteiger partial charge >= 0.3 is 0 Å². The molecule has 0 saturated heterocycles. The molecule has 1 aliphatic carbocycles. The standard InChI is InChI=1S/C25H21BrClN3O2/c26-18-9-11-22-21(14-18)25(31)30(24(29-22)16-5-2-1-3-6-16)28-15-20-10-12-23(32-20)17-7-4-8-19(27)13-17/h4,7-16H,1-3,5-6H2. The molecular weight excluding hydrogens is 490 g/mol. The van der Waals surface area contributed by atoms with Gasteiger partial charge in [0.1, 0.15) is 17.3 Å². The summed E-state index contributed by atoms with van der Waals surface area (Å²) in [5.74, 6) is 2.19. The Morgan fingerprint density at radius 3 is 2.75 bits per heavy atom. The second kappa shape index (κ2) is 9.04. The lowest BCUT2D eigenvalue weighted by Crippen LogP contribution is -2.25. The Morgan fingerprint density at radius 2 is 1.94 bits per heavy atom. The van der Waals surface area contributed by atoms with Crippen LogP contribution in [0.25, 0.3) is 22.2 Å². The van der Waals surface area contributed by atoms with Crippen LogP contribution in [0.5, 0.6) is 0 Å². The smallest absolute Gasteiger partial charge is 0.282 e. The third-order valence-electron chi connectivity index (χ3n) is 5.84. The quantitative estimate of drug-likeness (QED) is 0.278. The third kappa shape index (κ3) is 4.30. The Hall–Kier alpha value is -2.70. The van der Waals surface area contributed by atoms with Crippen molar-refractivity contribution in [1.29, 1.82) is 0 Å². The molecule has 1 aliphatic rings. The van der Waals surface area contributed by atoms with E-state index in [0.29, 0.717) is 27.4 Å². The van der Waals surface area contributed by atoms with Crippen molar-refractivity contribution in [2.75, 3.05) is 0 Å². The van der Waals surface area contributed by atoms with Gasteiger partial charge in [0.2, 0.25) is 0 Å². The Labute approximate surface area is 198 Å². The van der Waals surface area contributed by atoms with E-state index in [1.807, 2.05) is 48.5 Å². The molecule has 0 spiro atoms. The van der Waals surface area contributed by atoms with Crippen molar-refractivity contribution in [2.45, 2.75) is 38.0 Å². The van der Waals surface area contributed by atoms with Crippen molar-refractivity contribution < 1.29 is 4.42 Å². The van der Waals surface area contributed by atoms with Gasteiger partial charge in [0.05, 0.1) is 17.1 Å². The zero-order valence-electron chi connectivity index (χ0n) is 17.3. The third-order valence-corrected chi connectivity index (χ3v) is 6.57. The van der Waals surface area contributed by atoms with E-state index in [0.717, 1.165) is 41.5 Å². The van der Waals surface area contributed by atoms with Gasteiger partial charge in [-0.05, 0) is 55.3 Å². The van der Waals surface area contributed by atoms with Crippen LogP contribution in [0.1, 0.15) is 49.6 Å². The van der Waals surface area contributed by atoms with Gasteiger partial charge in [0.25, 0.3) is 5.56 Å². The first kappa shape index (κ1) is 21.2. The van der Waals surface area contributed by atoms with Gasteiger partial charge in [-0.15, -0.1) is 0 Å². The van der Waals surface area contributed by atoms with Crippen LogP contribution in [-0.4, -0.2) is 15.9 Å². The number of fused-ring (bicyclic) bond motifs is 1. The molecule has 0 N–H and O–H groups in total. The van der Waals surface area contributed by atoms with Crippen molar-refractivity contribution >= 4 is 44.6 Å². The van der Waals surface area contributed by atoms with Gasteiger partial charge in [0, 0.05) is 21.0 Å². The van der Waals surface area contributed by atoms with E-state index < -0.39 is 0 Å². The van der Waals surface area contributed by atoms with Crippen LogP contribution < -0.4 is 5.56 Å². The molecule has 2 aromatic heterocycles. The fourth-order valence-electron chi connectivity index (χ4n) is 4.24. The van der Waals surface area contributed by atoms with Crippen molar-refractivity contribution in [1.82, 2.24) is 9.66 Å². The minimum absolute atomic E-state index is 0.172. The summed E-state index contributed by atoms with van der Waals surface area (Å²) < 4.78 is 8.21. The van der Waals surface area contributed by atoms with E-state index in [1.54, 1.807) is 12.3 Å². The van der Waals surface area contributed by atoms with Crippen LogP contribution in [0.3, 0.4) is 0 Å². The summed E-state index contributed by atoms with van der Waals surface area (Å²) in [6.07, 6.45) is 7.12. The van der Waals surface area contributed by atoms with Crippen LogP contribution in [0.4, 0.5) is 0 Å². The van der Waals surface area contributed by atoms with Crippen molar-refractivity contribution in [2.24, 2.45) is 5.10 Å². The second-order valence-electron chi connectivity index (χ2n) is 8.04. The fourth-order valence-corrected chi connectivity index (χ4v) is 4.79. The van der Waals surface area contributed by atoms with E-state index in [4.69, 9.17) is 21.0 Å². The fraction of sp³-hybridized carbons (Fsp3) is 0.240. The molecule has 5 rings (SSSR count). The number of halogens is 2. The summed E-state index contributed by atoms with van der Waals surface area (Å²) in [6, 6.07) is 16.8. The molecule has 0 atom stereocenters. The zero-order chi connectivity index (χ0) is 22.1. The maximum absolute atomic E-state index is 13.4. The SMILES string of the molecule is O=c1c2cc(Br)ccc2nc(C2CCCCC2)n1N=Cc1ccc(-c2cccc(Cl)c2)o1. The highest BCUT2D eigenvalue weighted by Gasteiger charge is 2.22. The number of rotatable bonds is 4. The van der Waals surface area contributed by atoms with Crippen LogP contribution in [0, 0.1) is 0 Å². The first-order chi connectivity index (χ1) is 15.6. The molecular formula is C25H21BrClN3O2. The molecule has 162 valence electrons. The first-order valence-electron chi connectivity index (χ1n) is 10.7. The van der Waals surface area contributed by atoms with Gasteiger partial charge in [-0.25, -0.2) is 4.98 Å². The molecule has 1 saturated carbocycles. The van der Waals surface area contributed by atoms with Crippen LogP contribution >= 0.6 is 27.5 Å². The predicted octanol–water partition coefficient (Wildman–Crippen LogP) is 7.00. The Morgan fingerprint density at radius 1 is 1.09 bits per heavy atom. The molecule has 7 heteroatoms. The van der Waals surface area contributed by atoms with E-state index >= 15 is 0 Å². The lowest BCUT2D eigenvalue weighted by Gasteiger charge is -2.22. The average Bonchev–Trinajstić information content (AvgIpc) is 3.28. The number of nitrogens with zero attached hydrogens (tertiary/aromatic N) is 3. The van der Waals surface area contributed by atoms with Gasteiger partial charge in [-0.3, -0.25) is 4.79 Å². The van der Waals surface area contributed by atoms with Crippen molar-refractivity contribution in [3.05, 3.63) is 86.0 Å². The molecule has 0 amide bonds. The first-order valence-corrected chi connectivity index (χ1v) is 11.9. The second-order valence-corrected chi connectivity index (χ2v) is 9.39. The maximum atomic E-state index is 13.4. The van der Waals surface area contributed by atoms with Crippen molar-refractivity contribution in [3.8, 4) is 11.3 Å². The summed E-state index contributed by atoms with van der Waals surface area (Å²) in [6.45, 7) is 0. The number of benzene rings is 2. The summed E-state index contributed by atoms with van der Waals surface area (Å²) >= 11 is 9.55. The minimum Gasteiger partial charge on any atom is -0.455 e. The number of hydrogen-bond donors (Lipinski definition) is 0. The highest BCUT2D eigenvalue weighted by Crippen LogP contribution is 2.32. The Kier molecular flexibility index (Phi) is 5.98. The van der Waals surface area contributed by atoms with Gasteiger partial charge in [0.15, 0.2) is 0 Å². The lowest BCUT2D eigenvalue weighted by molar-refractivity contribution is 0.416. The molecule has 0 aliphatic heterocycles. The summed E-state index contributed by atoms with van der Waals surface area (Å²) in [4.78, 5) is 18.2. The molecule has 2 heterocycles. The molecule has 1 fully saturated rings. The normalized spacial score (nSPS) is 15.1. The van der Waals surface area contributed by atoms with Gasteiger partial charge < -0.3 is 4.42 Å². The monoisotopic (exact) mass is 509 g/mol. The molecule has 0 radical (unpaired) electrons. The van der Waals surface area contributed by atoms with Gasteiger partial charge in [-0.2, -0.15) is 9.78 Å².